The van der Waals surface area contributed by atoms with E-state index in [4.69, 9.17) is 4.74 Å². The van der Waals surface area contributed by atoms with E-state index >= 15 is 0 Å². The normalized spacial score (nSPS) is 15.7. The van der Waals surface area contributed by atoms with Crippen molar-refractivity contribution >= 4 is 17.0 Å². The summed E-state index contributed by atoms with van der Waals surface area (Å²) in [5.41, 5.74) is 5.52. The van der Waals surface area contributed by atoms with Gasteiger partial charge < -0.3 is 20.4 Å². The first-order valence-electron chi connectivity index (χ1n) is 11.3. The smallest absolute Gasteiger partial charge is 0.225 e. The van der Waals surface area contributed by atoms with Crippen molar-refractivity contribution in [2.75, 3.05) is 18.5 Å². The summed E-state index contributed by atoms with van der Waals surface area (Å²) in [7, 11) is 0. The van der Waals surface area contributed by atoms with Gasteiger partial charge in [-0.2, -0.15) is 4.98 Å². The van der Waals surface area contributed by atoms with Gasteiger partial charge in [-0.25, -0.2) is 4.98 Å². The van der Waals surface area contributed by atoms with Crippen LogP contribution in [0.25, 0.3) is 22.3 Å². The fourth-order valence-electron chi connectivity index (χ4n) is 4.13. The Bertz CT molecular complexity index is 1150. The second-order valence-corrected chi connectivity index (χ2v) is 8.42. The van der Waals surface area contributed by atoms with Crippen molar-refractivity contribution in [2.24, 2.45) is 0 Å². The van der Waals surface area contributed by atoms with Gasteiger partial charge in [-0.3, -0.25) is 0 Å². The molecule has 0 saturated carbocycles. The molecule has 1 aliphatic rings. The van der Waals surface area contributed by atoms with Gasteiger partial charge in [0.1, 0.15) is 5.65 Å². The lowest BCUT2D eigenvalue weighted by atomic mass is 10.1. The highest BCUT2D eigenvalue weighted by Gasteiger charge is 2.13. The molecule has 0 amide bonds. The van der Waals surface area contributed by atoms with Crippen LogP contribution in [0.2, 0.25) is 0 Å². The molecule has 164 valence electrons. The monoisotopic (exact) mass is 427 g/mol. The maximum absolute atomic E-state index is 5.43. The molecule has 0 unspecified atom stereocenters. The van der Waals surface area contributed by atoms with Crippen LogP contribution in [0.1, 0.15) is 36.9 Å². The van der Waals surface area contributed by atoms with Crippen molar-refractivity contribution in [3.63, 3.8) is 0 Å². The van der Waals surface area contributed by atoms with Crippen molar-refractivity contribution in [1.29, 1.82) is 0 Å². The number of fused-ring (bicyclic) bond motifs is 1. The van der Waals surface area contributed by atoms with Crippen molar-refractivity contribution in [2.45, 2.75) is 38.4 Å². The Morgan fingerprint density at radius 2 is 1.84 bits per heavy atom. The van der Waals surface area contributed by atoms with Gasteiger partial charge in [0, 0.05) is 43.1 Å². The summed E-state index contributed by atoms with van der Waals surface area (Å²) in [5, 5.41) is 8.03. The lowest BCUT2D eigenvalue weighted by Gasteiger charge is -2.23. The number of anilines is 1. The fourth-order valence-corrected chi connectivity index (χ4v) is 4.13. The average Bonchev–Trinajstić information content (AvgIpc) is 3.28. The van der Waals surface area contributed by atoms with E-state index in [1.54, 1.807) is 0 Å². The summed E-state index contributed by atoms with van der Waals surface area (Å²) in [6, 6.07) is 21.8. The van der Waals surface area contributed by atoms with Gasteiger partial charge in [0.2, 0.25) is 5.95 Å². The maximum Gasteiger partial charge on any atom is 0.225 e. The number of hydrogen-bond acceptors (Lipinski definition) is 5. The Labute approximate surface area is 188 Å². The van der Waals surface area contributed by atoms with Crippen LogP contribution in [0.5, 0.6) is 0 Å². The van der Waals surface area contributed by atoms with E-state index in [-0.39, 0.29) is 6.04 Å². The molecule has 2 aromatic heterocycles. The maximum atomic E-state index is 5.43. The number of ether oxygens (including phenoxy) is 1. The third-order valence-electron chi connectivity index (χ3n) is 6.10. The number of H-pyrrole nitrogens is 1. The largest absolute Gasteiger partial charge is 0.381 e. The van der Waals surface area contributed by atoms with Crippen LogP contribution < -0.4 is 10.6 Å². The van der Waals surface area contributed by atoms with Crippen LogP contribution in [0.3, 0.4) is 0 Å². The van der Waals surface area contributed by atoms with E-state index in [2.05, 4.69) is 75.0 Å². The van der Waals surface area contributed by atoms with Gasteiger partial charge in [0.15, 0.2) is 0 Å². The van der Waals surface area contributed by atoms with E-state index in [9.17, 15) is 0 Å². The molecule has 1 atom stereocenters. The summed E-state index contributed by atoms with van der Waals surface area (Å²) in [6.45, 7) is 4.73. The molecule has 3 heterocycles. The molecular weight excluding hydrogens is 398 g/mol. The fraction of sp³-hybridized carbons (Fsp3) is 0.308. The highest BCUT2D eigenvalue weighted by molar-refractivity contribution is 5.83. The van der Waals surface area contributed by atoms with Crippen molar-refractivity contribution < 1.29 is 4.74 Å². The van der Waals surface area contributed by atoms with Crippen molar-refractivity contribution in [3.8, 4) is 11.3 Å². The van der Waals surface area contributed by atoms with Crippen LogP contribution in [-0.4, -0.2) is 34.2 Å². The van der Waals surface area contributed by atoms with E-state index in [0.717, 1.165) is 54.9 Å². The Morgan fingerprint density at radius 1 is 1.06 bits per heavy atom. The number of aromatic nitrogens is 3. The summed E-state index contributed by atoms with van der Waals surface area (Å²) in [6.07, 6.45) is 4.05. The van der Waals surface area contributed by atoms with Crippen LogP contribution in [0.15, 0.2) is 66.9 Å². The Hall–Kier alpha value is -3.22. The summed E-state index contributed by atoms with van der Waals surface area (Å²) in [4.78, 5) is 12.6. The number of aromatic amines is 1. The van der Waals surface area contributed by atoms with E-state index < -0.39 is 0 Å². The first-order valence-corrected chi connectivity index (χ1v) is 11.3. The van der Waals surface area contributed by atoms with Gasteiger partial charge >= 0.3 is 0 Å². The van der Waals surface area contributed by atoms with Gasteiger partial charge in [-0.05, 0) is 42.5 Å². The molecule has 4 aromatic rings. The highest BCUT2D eigenvalue weighted by Crippen LogP contribution is 2.25. The zero-order chi connectivity index (χ0) is 21.8. The molecule has 3 N–H and O–H groups in total. The molecule has 0 radical (unpaired) electrons. The lowest BCUT2D eigenvalue weighted by molar-refractivity contribution is 0.0776. The second kappa shape index (κ2) is 9.51. The summed E-state index contributed by atoms with van der Waals surface area (Å²) in [5.74, 6) is 0.622. The van der Waals surface area contributed by atoms with E-state index in [1.807, 2.05) is 24.4 Å². The quantitative estimate of drug-likeness (QED) is 0.384. The molecule has 1 fully saturated rings. The molecule has 0 aliphatic carbocycles. The van der Waals surface area contributed by atoms with Crippen LogP contribution in [0, 0.1) is 0 Å². The minimum absolute atomic E-state index is 0.130. The van der Waals surface area contributed by atoms with Crippen LogP contribution in [-0.2, 0) is 11.3 Å². The average molecular weight is 428 g/mol. The zero-order valence-electron chi connectivity index (χ0n) is 18.3. The van der Waals surface area contributed by atoms with E-state index in [0.29, 0.717) is 12.0 Å². The summed E-state index contributed by atoms with van der Waals surface area (Å²) >= 11 is 0. The third kappa shape index (κ3) is 4.82. The minimum atomic E-state index is 0.130. The number of nitrogens with zero attached hydrogens (tertiary/aromatic N) is 2. The minimum Gasteiger partial charge on any atom is -0.381 e. The van der Waals surface area contributed by atoms with Gasteiger partial charge in [-0.15, -0.1) is 0 Å². The molecule has 1 aliphatic heterocycles. The Balaban J connectivity index is 1.26. The standard InChI is InChI=1S/C26H29N5O/c1-18(20-5-3-2-4-6-20)29-26-28-17-22-15-24(30-25(22)31-26)21-9-7-19(8-10-21)16-27-23-11-13-32-14-12-23/h2-10,15,17-18,23,27H,11-14,16H2,1H3,(H2,28,29,30,31)/t18-/m1/s1. The van der Waals surface area contributed by atoms with Crippen LogP contribution in [0.4, 0.5) is 5.95 Å². The molecule has 6 nitrogen and oxygen atoms in total. The predicted molar refractivity (Wildman–Crippen MR) is 128 cm³/mol. The van der Waals surface area contributed by atoms with E-state index in [1.165, 1.54) is 11.1 Å². The first-order chi connectivity index (χ1) is 15.7. The molecule has 0 bridgehead atoms. The lowest BCUT2D eigenvalue weighted by Crippen LogP contribution is -2.34. The molecule has 1 saturated heterocycles. The van der Waals surface area contributed by atoms with Gasteiger partial charge in [0.25, 0.3) is 0 Å². The number of hydrogen-bond donors (Lipinski definition) is 3. The summed E-state index contributed by atoms with van der Waals surface area (Å²) < 4.78 is 5.43. The zero-order valence-corrected chi connectivity index (χ0v) is 18.3. The van der Waals surface area contributed by atoms with Crippen LogP contribution >= 0.6 is 0 Å². The SMILES string of the molecule is C[C@@H](Nc1ncc2cc(-c3ccc(CNC4CCOCC4)cc3)[nH]c2n1)c1ccccc1. The molecule has 0 spiro atoms. The highest BCUT2D eigenvalue weighted by atomic mass is 16.5. The van der Waals surface area contributed by atoms with Crippen molar-refractivity contribution in [1.82, 2.24) is 20.3 Å². The predicted octanol–water partition coefficient (Wildman–Crippen LogP) is 5.07. The first kappa shape index (κ1) is 20.7. The molecule has 6 heteroatoms. The Morgan fingerprint density at radius 3 is 2.62 bits per heavy atom. The topological polar surface area (TPSA) is 74.9 Å². The van der Waals surface area contributed by atoms with Gasteiger partial charge in [-0.1, -0.05) is 54.6 Å². The van der Waals surface area contributed by atoms with Crippen molar-refractivity contribution in [3.05, 3.63) is 78.0 Å². The second-order valence-electron chi connectivity index (χ2n) is 8.42. The third-order valence-corrected chi connectivity index (χ3v) is 6.10. The molecule has 5 rings (SSSR count). The Kier molecular flexibility index (Phi) is 6.14. The number of benzene rings is 2. The number of rotatable bonds is 7. The molecule has 2 aromatic carbocycles. The number of nitrogens with one attached hydrogen (secondary N) is 3. The van der Waals surface area contributed by atoms with Gasteiger partial charge in [0.05, 0.1) is 6.04 Å². The molecule has 32 heavy (non-hydrogen) atoms. The molecular formula is C26H29N5O.